The number of allylic oxidation sites excluding steroid dienone is 1. The van der Waals surface area contributed by atoms with E-state index in [1.165, 1.54) is 12.0 Å². The number of aliphatic hydroxyl groups is 2. The lowest BCUT2D eigenvalue weighted by Gasteiger charge is -2.40. The zero-order chi connectivity index (χ0) is 13.0. The SMILES string of the molecule is CNCC(C1=CCC(O)C=C1)C1(O)CCCCC1. The Morgan fingerprint density at radius 2 is 2.11 bits per heavy atom. The minimum atomic E-state index is -0.570. The molecule has 0 amide bonds. The van der Waals surface area contributed by atoms with Crippen molar-refractivity contribution >= 4 is 0 Å². The predicted octanol–water partition coefficient (Wildman–Crippen LogP) is 1.76. The molecule has 3 nitrogen and oxygen atoms in total. The Morgan fingerprint density at radius 3 is 2.67 bits per heavy atom. The molecule has 0 saturated heterocycles. The summed E-state index contributed by atoms with van der Waals surface area (Å²) in [5.74, 6) is 0.145. The van der Waals surface area contributed by atoms with Crippen LogP contribution in [0.4, 0.5) is 0 Å². The zero-order valence-corrected chi connectivity index (χ0v) is 11.2. The summed E-state index contributed by atoms with van der Waals surface area (Å²) in [7, 11) is 1.93. The largest absolute Gasteiger partial charge is 0.389 e. The van der Waals surface area contributed by atoms with Crippen molar-refractivity contribution in [2.75, 3.05) is 13.6 Å². The van der Waals surface area contributed by atoms with Crippen LogP contribution in [0.15, 0.2) is 23.8 Å². The molecule has 0 radical (unpaired) electrons. The average molecular weight is 251 g/mol. The Labute approximate surface area is 110 Å². The Bertz CT molecular complexity index is 329. The van der Waals surface area contributed by atoms with E-state index < -0.39 is 5.60 Å². The first kappa shape index (κ1) is 13.8. The third kappa shape index (κ3) is 3.02. The quantitative estimate of drug-likeness (QED) is 0.713. The molecule has 0 spiro atoms. The van der Waals surface area contributed by atoms with E-state index in [4.69, 9.17) is 0 Å². The van der Waals surface area contributed by atoms with Gasteiger partial charge in [-0.1, -0.05) is 37.5 Å². The average Bonchev–Trinajstić information content (AvgIpc) is 2.38. The van der Waals surface area contributed by atoms with Gasteiger partial charge < -0.3 is 15.5 Å². The molecule has 0 heterocycles. The lowest BCUT2D eigenvalue weighted by atomic mass is 9.71. The summed E-state index contributed by atoms with van der Waals surface area (Å²) in [6, 6.07) is 0. The smallest absolute Gasteiger partial charge is 0.0758 e. The fraction of sp³-hybridized carbons (Fsp3) is 0.733. The molecule has 0 aromatic carbocycles. The Balaban J connectivity index is 2.14. The summed E-state index contributed by atoms with van der Waals surface area (Å²) in [5, 5.41) is 23.6. The standard InChI is InChI=1S/C15H25NO2/c1-16-11-14(12-5-7-13(17)8-6-12)15(18)9-3-2-4-10-15/h5-7,13-14,16-18H,2-4,8-11H2,1H3. The number of hydrogen-bond acceptors (Lipinski definition) is 3. The Hall–Kier alpha value is -0.640. The van der Waals surface area contributed by atoms with Crippen LogP contribution in [0.1, 0.15) is 38.5 Å². The topological polar surface area (TPSA) is 52.5 Å². The van der Waals surface area contributed by atoms with Crippen molar-refractivity contribution in [3.8, 4) is 0 Å². The molecule has 0 aromatic heterocycles. The van der Waals surface area contributed by atoms with Gasteiger partial charge in [-0.25, -0.2) is 0 Å². The first-order valence-electron chi connectivity index (χ1n) is 7.09. The highest BCUT2D eigenvalue weighted by Crippen LogP contribution is 2.38. The van der Waals surface area contributed by atoms with Crippen molar-refractivity contribution in [1.29, 1.82) is 0 Å². The van der Waals surface area contributed by atoms with Gasteiger partial charge in [0.05, 0.1) is 11.7 Å². The highest BCUT2D eigenvalue weighted by atomic mass is 16.3. The third-order valence-electron chi connectivity index (χ3n) is 4.28. The van der Waals surface area contributed by atoms with Crippen molar-refractivity contribution < 1.29 is 10.2 Å². The highest BCUT2D eigenvalue weighted by Gasteiger charge is 2.38. The molecule has 18 heavy (non-hydrogen) atoms. The summed E-state index contributed by atoms with van der Waals surface area (Å²) in [5.41, 5.74) is 0.610. The van der Waals surface area contributed by atoms with E-state index in [1.807, 2.05) is 19.2 Å². The van der Waals surface area contributed by atoms with Crippen molar-refractivity contribution in [2.45, 2.75) is 50.2 Å². The van der Waals surface area contributed by atoms with Crippen LogP contribution in [-0.4, -0.2) is 35.5 Å². The second-order valence-electron chi connectivity index (χ2n) is 5.64. The molecule has 3 N–H and O–H groups in total. The molecule has 2 aliphatic carbocycles. The molecule has 2 rings (SSSR count). The van der Waals surface area contributed by atoms with Crippen molar-refractivity contribution in [3.63, 3.8) is 0 Å². The molecule has 2 unspecified atom stereocenters. The van der Waals surface area contributed by atoms with Crippen LogP contribution < -0.4 is 5.32 Å². The second kappa shape index (κ2) is 6.00. The van der Waals surface area contributed by atoms with E-state index in [0.717, 1.165) is 32.2 Å². The summed E-state index contributed by atoms with van der Waals surface area (Å²) < 4.78 is 0. The maximum atomic E-state index is 10.9. The molecular weight excluding hydrogens is 226 g/mol. The summed E-state index contributed by atoms with van der Waals surface area (Å²) in [4.78, 5) is 0. The van der Waals surface area contributed by atoms with E-state index in [-0.39, 0.29) is 12.0 Å². The number of nitrogens with one attached hydrogen (secondary N) is 1. The van der Waals surface area contributed by atoms with Crippen LogP contribution in [0.2, 0.25) is 0 Å². The number of rotatable bonds is 4. The fourth-order valence-electron chi connectivity index (χ4n) is 3.22. The van der Waals surface area contributed by atoms with Crippen LogP contribution in [0.3, 0.4) is 0 Å². The minimum absolute atomic E-state index is 0.145. The van der Waals surface area contributed by atoms with E-state index >= 15 is 0 Å². The van der Waals surface area contributed by atoms with Gasteiger partial charge in [0.1, 0.15) is 0 Å². The summed E-state index contributed by atoms with van der Waals surface area (Å²) in [6.07, 6.45) is 11.5. The lowest BCUT2D eigenvalue weighted by molar-refractivity contribution is -0.0350. The van der Waals surface area contributed by atoms with E-state index in [9.17, 15) is 10.2 Å². The maximum Gasteiger partial charge on any atom is 0.0758 e. The molecule has 0 bridgehead atoms. The molecule has 1 saturated carbocycles. The van der Waals surface area contributed by atoms with Crippen molar-refractivity contribution in [1.82, 2.24) is 5.32 Å². The van der Waals surface area contributed by atoms with E-state index in [0.29, 0.717) is 6.42 Å². The van der Waals surface area contributed by atoms with Gasteiger partial charge in [-0.15, -0.1) is 0 Å². The molecule has 0 aromatic rings. The fourth-order valence-corrected chi connectivity index (χ4v) is 3.22. The number of hydrogen-bond donors (Lipinski definition) is 3. The van der Waals surface area contributed by atoms with E-state index in [2.05, 4.69) is 11.4 Å². The maximum absolute atomic E-state index is 10.9. The van der Waals surface area contributed by atoms with Gasteiger partial charge in [0, 0.05) is 12.5 Å². The van der Waals surface area contributed by atoms with E-state index in [1.54, 1.807) is 0 Å². The monoisotopic (exact) mass is 251 g/mol. The van der Waals surface area contributed by atoms with Crippen molar-refractivity contribution in [3.05, 3.63) is 23.8 Å². The van der Waals surface area contributed by atoms with Gasteiger partial charge in [0.15, 0.2) is 0 Å². The Kier molecular flexibility index (Phi) is 4.60. The first-order valence-corrected chi connectivity index (χ1v) is 7.09. The first-order chi connectivity index (χ1) is 8.65. The third-order valence-corrected chi connectivity index (χ3v) is 4.28. The minimum Gasteiger partial charge on any atom is -0.389 e. The van der Waals surface area contributed by atoms with Gasteiger partial charge in [-0.2, -0.15) is 0 Å². The lowest BCUT2D eigenvalue weighted by Crippen LogP contribution is -2.45. The molecule has 1 fully saturated rings. The van der Waals surface area contributed by atoms with Crippen LogP contribution in [0.25, 0.3) is 0 Å². The summed E-state index contributed by atoms with van der Waals surface area (Å²) >= 11 is 0. The van der Waals surface area contributed by atoms with Crippen LogP contribution in [0.5, 0.6) is 0 Å². The highest BCUT2D eigenvalue weighted by molar-refractivity contribution is 5.29. The second-order valence-corrected chi connectivity index (χ2v) is 5.64. The molecule has 2 aliphatic rings. The van der Waals surface area contributed by atoms with Gasteiger partial charge in [-0.05, 0) is 31.9 Å². The van der Waals surface area contributed by atoms with Gasteiger partial charge in [0.2, 0.25) is 0 Å². The van der Waals surface area contributed by atoms with Gasteiger partial charge in [-0.3, -0.25) is 0 Å². The molecular formula is C15H25NO2. The zero-order valence-electron chi connectivity index (χ0n) is 11.2. The molecule has 102 valence electrons. The molecule has 3 heteroatoms. The number of aliphatic hydroxyl groups excluding tert-OH is 1. The summed E-state index contributed by atoms with van der Waals surface area (Å²) in [6.45, 7) is 0.794. The van der Waals surface area contributed by atoms with Crippen LogP contribution in [-0.2, 0) is 0 Å². The van der Waals surface area contributed by atoms with Crippen LogP contribution in [0, 0.1) is 5.92 Å². The Morgan fingerprint density at radius 1 is 1.39 bits per heavy atom. The van der Waals surface area contributed by atoms with Crippen LogP contribution >= 0.6 is 0 Å². The van der Waals surface area contributed by atoms with Gasteiger partial charge >= 0.3 is 0 Å². The van der Waals surface area contributed by atoms with Gasteiger partial charge in [0.25, 0.3) is 0 Å². The molecule has 0 aliphatic heterocycles. The predicted molar refractivity (Wildman–Crippen MR) is 73.3 cm³/mol. The molecule has 2 atom stereocenters. The van der Waals surface area contributed by atoms with Crippen molar-refractivity contribution in [2.24, 2.45) is 5.92 Å². The normalized spacial score (nSPS) is 28.8.